The first-order valence-corrected chi connectivity index (χ1v) is 7.64. The lowest BCUT2D eigenvalue weighted by Gasteiger charge is -2.31. The summed E-state index contributed by atoms with van der Waals surface area (Å²) < 4.78 is 5.24. The van der Waals surface area contributed by atoms with Crippen LogP contribution in [0.5, 0.6) is 0 Å². The van der Waals surface area contributed by atoms with E-state index >= 15 is 0 Å². The molecule has 0 spiro atoms. The van der Waals surface area contributed by atoms with E-state index in [1.807, 2.05) is 12.2 Å². The van der Waals surface area contributed by atoms with Crippen LogP contribution in [-0.4, -0.2) is 48.0 Å². The summed E-state index contributed by atoms with van der Waals surface area (Å²) in [6.45, 7) is 2.98. The third-order valence-electron chi connectivity index (χ3n) is 4.81. The normalized spacial score (nSPS) is 29.9. The lowest BCUT2D eigenvalue weighted by Crippen LogP contribution is -2.38. The molecule has 0 radical (unpaired) electrons. The number of hydrogen-bond donors (Lipinski definition) is 1. The topological polar surface area (TPSA) is 66.8 Å². The Labute approximate surface area is 124 Å². The van der Waals surface area contributed by atoms with Crippen molar-refractivity contribution in [3.05, 3.63) is 24.0 Å². The van der Waals surface area contributed by atoms with Crippen LogP contribution in [0, 0.1) is 17.8 Å². The molecule has 1 N–H and O–H groups in total. The number of allylic oxidation sites excluding steroid dienone is 2. The van der Waals surface area contributed by atoms with Crippen LogP contribution >= 0.6 is 0 Å². The van der Waals surface area contributed by atoms with Crippen molar-refractivity contribution in [1.29, 1.82) is 0 Å². The van der Waals surface area contributed by atoms with Gasteiger partial charge in [0.25, 0.3) is 0 Å². The summed E-state index contributed by atoms with van der Waals surface area (Å²) in [4.78, 5) is 25.6. The molecule has 1 saturated heterocycles. The quantitative estimate of drug-likeness (QED) is 0.849. The third-order valence-corrected chi connectivity index (χ3v) is 4.81. The van der Waals surface area contributed by atoms with E-state index in [1.165, 1.54) is 0 Å². The number of fused-ring (bicyclic) bond motifs is 1. The number of Topliss-reactive ketones (excluding diaryl/α,β-unsaturated/α-hetero) is 1. The number of carboxylic acid groups (broad SMARTS) is 1. The molecule has 0 aromatic carbocycles. The second-order valence-electron chi connectivity index (χ2n) is 6.11. The average Bonchev–Trinajstić information content (AvgIpc) is 2.96. The fourth-order valence-electron chi connectivity index (χ4n) is 3.36. The fourth-order valence-corrected chi connectivity index (χ4v) is 3.36. The van der Waals surface area contributed by atoms with Gasteiger partial charge in [-0.25, -0.2) is 0 Å². The van der Waals surface area contributed by atoms with Crippen LogP contribution in [0.25, 0.3) is 0 Å². The molecule has 0 amide bonds. The van der Waals surface area contributed by atoms with Gasteiger partial charge in [-0.05, 0) is 38.9 Å². The van der Waals surface area contributed by atoms with E-state index in [0.717, 1.165) is 31.6 Å². The van der Waals surface area contributed by atoms with Crippen molar-refractivity contribution in [3.63, 3.8) is 0 Å². The fraction of sp³-hybridized carbons (Fsp3) is 0.625. The number of hydrogen-bond acceptors (Lipinski definition) is 4. The monoisotopic (exact) mass is 291 g/mol. The van der Waals surface area contributed by atoms with Crippen molar-refractivity contribution in [2.45, 2.75) is 19.3 Å². The highest BCUT2D eigenvalue weighted by Crippen LogP contribution is 2.31. The van der Waals surface area contributed by atoms with Gasteiger partial charge in [0.2, 0.25) is 0 Å². The van der Waals surface area contributed by atoms with E-state index in [4.69, 9.17) is 9.84 Å². The second-order valence-corrected chi connectivity index (χ2v) is 6.11. The van der Waals surface area contributed by atoms with E-state index in [-0.39, 0.29) is 23.5 Å². The number of rotatable bonds is 4. The summed E-state index contributed by atoms with van der Waals surface area (Å²) in [5.74, 6) is -0.702. The molecular formula is C16H21NO4. The second kappa shape index (κ2) is 6.02. The van der Waals surface area contributed by atoms with Crippen molar-refractivity contribution in [1.82, 2.24) is 4.90 Å². The minimum Gasteiger partial charge on any atom is -0.500 e. The largest absolute Gasteiger partial charge is 0.500 e. The van der Waals surface area contributed by atoms with Crippen LogP contribution in [0.3, 0.4) is 0 Å². The van der Waals surface area contributed by atoms with Gasteiger partial charge >= 0.3 is 5.97 Å². The molecule has 21 heavy (non-hydrogen) atoms. The lowest BCUT2D eigenvalue weighted by molar-refractivity contribution is -0.143. The van der Waals surface area contributed by atoms with Crippen LogP contribution in [-0.2, 0) is 14.3 Å². The Balaban J connectivity index is 1.48. The van der Waals surface area contributed by atoms with Crippen molar-refractivity contribution in [3.8, 4) is 0 Å². The molecule has 3 aliphatic rings. The molecule has 3 rings (SSSR count). The number of likely N-dealkylation sites (tertiary alicyclic amines) is 1. The van der Waals surface area contributed by atoms with E-state index in [9.17, 15) is 9.59 Å². The van der Waals surface area contributed by atoms with Gasteiger partial charge in [0.1, 0.15) is 6.61 Å². The Morgan fingerprint density at radius 3 is 2.86 bits per heavy atom. The highest BCUT2D eigenvalue weighted by Gasteiger charge is 2.34. The molecule has 0 aromatic rings. The Kier molecular flexibility index (Phi) is 4.10. The first-order chi connectivity index (χ1) is 10.1. The Hall–Kier alpha value is -1.62. The zero-order chi connectivity index (χ0) is 14.8. The van der Waals surface area contributed by atoms with Gasteiger partial charge in [-0.1, -0.05) is 12.2 Å². The molecule has 0 aromatic heterocycles. The predicted octanol–water partition coefficient (Wildman–Crippen LogP) is 1.46. The number of ketones is 1. The Morgan fingerprint density at radius 1 is 1.38 bits per heavy atom. The molecule has 0 bridgehead atoms. The summed E-state index contributed by atoms with van der Waals surface area (Å²) in [7, 11) is 0. The minimum atomic E-state index is -0.680. The van der Waals surface area contributed by atoms with E-state index < -0.39 is 5.97 Å². The molecule has 1 aliphatic carbocycles. The maximum atomic E-state index is 12.4. The molecular weight excluding hydrogens is 270 g/mol. The molecule has 2 heterocycles. The maximum absolute atomic E-state index is 12.4. The number of ether oxygens (including phenoxy) is 1. The van der Waals surface area contributed by atoms with E-state index in [0.29, 0.717) is 19.4 Å². The molecule has 5 heteroatoms. The van der Waals surface area contributed by atoms with Crippen LogP contribution in [0.15, 0.2) is 24.0 Å². The van der Waals surface area contributed by atoms with Gasteiger partial charge < -0.3 is 14.7 Å². The maximum Gasteiger partial charge on any atom is 0.306 e. The Morgan fingerprint density at radius 2 is 2.14 bits per heavy atom. The number of carbonyl (C=O) groups excluding carboxylic acids is 1. The summed E-state index contributed by atoms with van der Waals surface area (Å²) in [6, 6.07) is 0. The first kappa shape index (κ1) is 14.3. The zero-order valence-corrected chi connectivity index (χ0v) is 12.0. The molecule has 5 nitrogen and oxygen atoms in total. The van der Waals surface area contributed by atoms with Gasteiger partial charge in [-0.15, -0.1) is 0 Å². The van der Waals surface area contributed by atoms with Crippen molar-refractivity contribution < 1.29 is 19.4 Å². The number of nitrogens with zero attached hydrogens (tertiary/aromatic N) is 1. The summed E-state index contributed by atoms with van der Waals surface area (Å²) in [6.07, 6.45) is 7.94. The van der Waals surface area contributed by atoms with Crippen LogP contribution in [0.4, 0.5) is 0 Å². The van der Waals surface area contributed by atoms with Crippen LogP contribution in [0.1, 0.15) is 19.3 Å². The molecule has 114 valence electrons. The summed E-state index contributed by atoms with van der Waals surface area (Å²) in [5.41, 5.74) is 0.999. The Bertz CT molecular complexity index is 489. The molecule has 2 unspecified atom stereocenters. The van der Waals surface area contributed by atoms with Gasteiger partial charge in [0.15, 0.2) is 5.78 Å². The van der Waals surface area contributed by atoms with Crippen LogP contribution in [0.2, 0.25) is 0 Å². The standard InChI is InChI=1S/C16H21NO4/c18-15-11(1-2-13-9-21-10-14(13)15)3-6-17-7-4-12(5-8-17)16(19)20/h1-2,9,11-12,14H,3-8,10H2,(H,19,20). The van der Waals surface area contributed by atoms with Crippen LogP contribution < -0.4 is 0 Å². The number of carboxylic acids is 1. The van der Waals surface area contributed by atoms with Crippen molar-refractivity contribution in [2.75, 3.05) is 26.2 Å². The zero-order valence-electron chi connectivity index (χ0n) is 12.0. The highest BCUT2D eigenvalue weighted by molar-refractivity contribution is 5.90. The van der Waals surface area contributed by atoms with Crippen molar-refractivity contribution >= 4 is 11.8 Å². The van der Waals surface area contributed by atoms with Gasteiger partial charge in [-0.3, -0.25) is 9.59 Å². The van der Waals surface area contributed by atoms with E-state index in [1.54, 1.807) is 6.26 Å². The summed E-state index contributed by atoms with van der Waals surface area (Å²) in [5, 5.41) is 8.99. The molecule has 1 fully saturated rings. The van der Waals surface area contributed by atoms with Gasteiger partial charge in [-0.2, -0.15) is 0 Å². The van der Waals surface area contributed by atoms with Gasteiger partial charge in [0.05, 0.1) is 18.1 Å². The average molecular weight is 291 g/mol. The van der Waals surface area contributed by atoms with E-state index in [2.05, 4.69) is 4.90 Å². The smallest absolute Gasteiger partial charge is 0.306 e. The molecule has 2 aliphatic heterocycles. The van der Waals surface area contributed by atoms with Gasteiger partial charge in [0, 0.05) is 11.5 Å². The summed E-state index contributed by atoms with van der Waals surface area (Å²) >= 11 is 0. The number of piperidine rings is 1. The number of aliphatic carboxylic acids is 1. The first-order valence-electron chi connectivity index (χ1n) is 7.64. The highest BCUT2D eigenvalue weighted by atomic mass is 16.5. The SMILES string of the molecule is O=C(O)C1CCN(CCC2C=CC3=COCC3C2=O)CC1. The minimum absolute atomic E-state index is 0.0222. The number of carbonyl (C=O) groups is 2. The predicted molar refractivity (Wildman–Crippen MR) is 76.6 cm³/mol. The van der Waals surface area contributed by atoms with Crippen molar-refractivity contribution in [2.24, 2.45) is 17.8 Å². The third kappa shape index (κ3) is 3.02. The lowest BCUT2D eigenvalue weighted by atomic mass is 9.81. The molecule has 2 atom stereocenters. The molecule has 0 saturated carbocycles.